The Kier molecular flexibility index (Phi) is 37.5. The van der Waals surface area contributed by atoms with Crippen molar-refractivity contribution in [1.29, 1.82) is 0 Å². The molecule has 0 radical (unpaired) electrons. The molecule has 3 saturated carbocycles. The lowest BCUT2D eigenvalue weighted by molar-refractivity contribution is -0.152. The van der Waals surface area contributed by atoms with Crippen molar-refractivity contribution in [3.63, 3.8) is 0 Å². The zero-order chi connectivity index (χ0) is 83.2. The van der Waals surface area contributed by atoms with E-state index in [2.05, 4.69) is 26.6 Å². The molecule has 3 aliphatic carbocycles. The molecule has 5 fully saturated rings. The number of hydrogen-bond donors (Lipinski definition) is 6. The summed E-state index contributed by atoms with van der Waals surface area (Å²) in [7, 11) is 11.2. The molecule has 0 spiro atoms. The third-order valence-electron chi connectivity index (χ3n) is 24.6. The minimum atomic E-state index is -1.76. The minimum absolute atomic E-state index is 0.00816. The minimum Gasteiger partial charge on any atom is -0.391 e. The molecule has 2 saturated heterocycles. The Labute approximate surface area is 662 Å². The van der Waals surface area contributed by atoms with Crippen LogP contribution < -0.4 is 26.6 Å². The number of likely N-dealkylation sites (tertiary alicyclic amines) is 1. The summed E-state index contributed by atoms with van der Waals surface area (Å²) in [6.45, 7) is 20.8. The maximum atomic E-state index is 15.8. The van der Waals surface area contributed by atoms with Crippen LogP contribution in [0.5, 0.6) is 0 Å². The smallest absolute Gasteiger partial charge is 0.248 e. The average molecular weight is 1560 g/mol. The van der Waals surface area contributed by atoms with Crippen molar-refractivity contribution in [2.45, 2.75) is 322 Å². The van der Waals surface area contributed by atoms with Crippen LogP contribution in [0.15, 0.2) is 0 Å². The van der Waals surface area contributed by atoms with Gasteiger partial charge in [-0.1, -0.05) is 158 Å². The first-order valence-corrected chi connectivity index (χ1v) is 41.7. The van der Waals surface area contributed by atoms with Crippen LogP contribution in [0.4, 0.5) is 0 Å². The van der Waals surface area contributed by atoms with Crippen LogP contribution in [0.3, 0.4) is 0 Å². The van der Waals surface area contributed by atoms with E-state index in [0.29, 0.717) is 32.4 Å². The molecule has 2 heterocycles. The van der Waals surface area contributed by atoms with Gasteiger partial charge in [0.2, 0.25) is 82.7 Å². The highest BCUT2D eigenvalue weighted by atomic mass is 16.3. The highest BCUT2D eigenvalue weighted by molar-refractivity contribution is 6.01. The summed E-state index contributed by atoms with van der Waals surface area (Å²) in [5.74, 6) is -11.4. The molecule has 0 aromatic rings. The number of nitrogens with zero attached hydrogens (tertiary/aromatic N) is 9. The van der Waals surface area contributed by atoms with Crippen LogP contribution in [0.1, 0.15) is 244 Å². The summed E-state index contributed by atoms with van der Waals surface area (Å²) in [5.41, 5.74) is 0. The summed E-state index contributed by atoms with van der Waals surface area (Å²) >= 11 is 0. The fourth-order valence-electron chi connectivity index (χ4n) is 16.7. The Morgan fingerprint density at radius 3 is 1.48 bits per heavy atom. The van der Waals surface area contributed by atoms with Crippen molar-refractivity contribution in [2.75, 3.05) is 76.0 Å². The number of hydrogen-bond acceptors (Lipinski definition) is 15. The summed E-state index contributed by atoms with van der Waals surface area (Å²) in [6.07, 6.45) is 14.1. The van der Waals surface area contributed by atoms with E-state index >= 15 is 33.6 Å². The third kappa shape index (κ3) is 26.3. The number of amides is 14. The fraction of sp³-hybridized carbons (Fsp3) is 0.829. The molecule has 14 atom stereocenters. The van der Waals surface area contributed by atoms with E-state index in [0.717, 1.165) is 117 Å². The maximum absolute atomic E-state index is 15.8. The number of aliphatic hydroxyl groups is 1. The third-order valence-corrected chi connectivity index (χ3v) is 24.6. The van der Waals surface area contributed by atoms with Gasteiger partial charge in [-0.05, 0) is 120 Å². The second-order valence-electron chi connectivity index (χ2n) is 34.6. The molecule has 0 unspecified atom stereocenters. The van der Waals surface area contributed by atoms with Crippen molar-refractivity contribution in [1.82, 2.24) is 70.7 Å². The molecular weight excluding hydrogens is 1420 g/mol. The van der Waals surface area contributed by atoms with Crippen molar-refractivity contribution in [3.8, 4) is 0 Å². The lowest BCUT2D eigenvalue weighted by Crippen LogP contribution is -2.62. The topological polar surface area (TPSA) is 349 Å². The first-order valence-electron chi connectivity index (χ1n) is 41.7. The van der Waals surface area contributed by atoms with Crippen LogP contribution >= 0.6 is 0 Å². The van der Waals surface area contributed by atoms with Gasteiger partial charge in [-0.25, -0.2) is 0 Å². The van der Waals surface area contributed by atoms with Crippen LogP contribution in [-0.4, -0.2) is 287 Å². The molecule has 6 N–H and O–H groups in total. The fourth-order valence-corrected chi connectivity index (χ4v) is 16.7. The summed E-state index contributed by atoms with van der Waals surface area (Å²) in [4.78, 5) is 222. The second-order valence-corrected chi connectivity index (χ2v) is 34.6. The molecule has 630 valence electrons. The molecule has 0 aromatic heterocycles. The van der Waals surface area contributed by atoms with E-state index in [1.807, 2.05) is 34.6 Å². The molecule has 0 aromatic carbocycles. The van der Waals surface area contributed by atoms with E-state index in [4.69, 9.17) is 0 Å². The number of likely N-dealkylation sites (N-methyl/N-ethyl adjacent to an activating group) is 8. The summed E-state index contributed by atoms with van der Waals surface area (Å²) < 4.78 is 0. The van der Waals surface area contributed by atoms with Crippen LogP contribution in [0, 0.1) is 41.4 Å². The van der Waals surface area contributed by atoms with Gasteiger partial charge in [0.1, 0.15) is 72.5 Å². The number of piperidine rings is 1. The quantitative estimate of drug-likeness (QED) is 0.0966. The summed E-state index contributed by atoms with van der Waals surface area (Å²) in [6, 6.07) is -15.7. The predicted molar refractivity (Wildman–Crippen MR) is 424 cm³/mol. The molecular formula is C82H142N14O15. The van der Waals surface area contributed by atoms with Gasteiger partial charge in [0.25, 0.3) is 0 Å². The zero-order valence-electron chi connectivity index (χ0n) is 71.0. The molecule has 29 heteroatoms. The van der Waals surface area contributed by atoms with E-state index < -0.39 is 180 Å². The highest BCUT2D eigenvalue weighted by Crippen LogP contribution is 2.33. The number of aliphatic hydroxyl groups excluding tert-OH is 1. The Morgan fingerprint density at radius 1 is 0.486 bits per heavy atom. The van der Waals surface area contributed by atoms with Gasteiger partial charge in [0, 0.05) is 69.5 Å². The SMILES string of the molecule is CC[C@H](C)[C@@H]1NC(=O)[C@@H](C)N(C)C(=O)C[C@@H](C(=O)N(C)[C@@H](CC2CCCCC2)C(=O)N[C@@H](C)C(=O)N2CCCCC2)NC(=O)[C@H](CC2CCCCC2)N(C)C(=O)CN(C)C(=O)[C@H]([C@@H](C)O)NC(=O)[C@H](C)N(C)C(=O)[C@H](C(C)C)N(C)C(=O)[C@H](CC2CCCCC2)NC(=O)[C@H](CC(C)C)N(C)C(=O)[C@H](CC(C)C)N(C)C1=O. The predicted octanol–water partition coefficient (Wildman–Crippen LogP) is 5.22. The van der Waals surface area contributed by atoms with Gasteiger partial charge in [0.05, 0.1) is 19.1 Å². The molecule has 14 amide bonds. The van der Waals surface area contributed by atoms with Gasteiger partial charge in [-0.15, -0.1) is 0 Å². The number of rotatable bonds is 19. The second kappa shape index (κ2) is 44.3. The van der Waals surface area contributed by atoms with Crippen molar-refractivity contribution in [2.24, 2.45) is 41.4 Å². The van der Waals surface area contributed by atoms with Crippen LogP contribution in [-0.2, 0) is 67.1 Å². The van der Waals surface area contributed by atoms with E-state index in [9.17, 15) is 38.7 Å². The zero-order valence-corrected chi connectivity index (χ0v) is 71.0. The Morgan fingerprint density at radius 2 is 0.964 bits per heavy atom. The van der Waals surface area contributed by atoms with Gasteiger partial charge >= 0.3 is 0 Å². The number of nitrogens with one attached hydrogen (secondary N) is 5. The standard InChI is InChI=1S/C82H142N14O15/c1-21-52(8)68-81(110)94(19)65(43-50(4)5)79(108)93(18)62(42-49(2)3)74(103)84-60(44-57-34-26-22-27-35-57)78(107)95(20)70(51(6)7)82(111)90(15)55(11)72(101)87-69(56(12)97)80(109)88(13)48-67(99)91(16)63(45-58-36-28-23-29-37-58)75(104)85-61(47-66(98)89(14)54(10)71(100)86-68)77(106)92(17)64(46-59-38-30-24-31-39-59)73(102)83-53(9)76(105)96-40-32-25-33-41-96/h49-65,68-70,97H,21-48H2,1-20H3,(H,83,102)(H,84,103)(H,85,104)(H,86,100)(H,87,101)/t52-,53-,54+,55-,56+,60-,61-,62-,63-,64-,65-,68-,69-,70-/m0/s1. The van der Waals surface area contributed by atoms with Crippen LogP contribution in [0.25, 0.3) is 0 Å². The molecule has 2 aliphatic heterocycles. The number of carbonyl (C=O) groups is 14. The summed E-state index contributed by atoms with van der Waals surface area (Å²) in [5, 5.41) is 25.6. The Balaban J connectivity index is 1.68. The highest BCUT2D eigenvalue weighted by Gasteiger charge is 2.46. The normalized spacial score (nSPS) is 27.5. The van der Waals surface area contributed by atoms with Gasteiger partial charge in [0.15, 0.2) is 0 Å². The monoisotopic (exact) mass is 1560 g/mol. The molecule has 5 aliphatic rings. The molecule has 29 nitrogen and oxygen atoms in total. The van der Waals surface area contributed by atoms with Crippen LogP contribution in [0.2, 0.25) is 0 Å². The number of carbonyl (C=O) groups excluding carboxylic acids is 14. The van der Waals surface area contributed by atoms with E-state index in [-0.39, 0.29) is 67.6 Å². The molecule has 111 heavy (non-hydrogen) atoms. The Bertz CT molecular complexity index is 3160. The first-order chi connectivity index (χ1) is 52.1. The van der Waals surface area contributed by atoms with E-state index in [1.165, 1.54) is 102 Å². The first kappa shape index (κ1) is 94.1. The Hall–Kier alpha value is -7.46. The molecule has 5 rings (SSSR count). The van der Waals surface area contributed by atoms with Crippen molar-refractivity contribution < 1.29 is 72.2 Å². The van der Waals surface area contributed by atoms with Gasteiger partial charge in [-0.3, -0.25) is 67.1 Å². The lowest BCUT2D eigenvalue weighted by atomic mass is 9.84. The largest absolute Gasteiger partial charge is 0.391 e. The van der Waals surface area contributed by atoms with Crippen molar-refractivity contribution in [3.05, 3.63) is 0 Å². The average Bonchev–Trinajstić information content (AvgIpc) is 0.814. The molecule has 0 bridgehead atoms. The van der Waals surface area contributed by atoms with Gasteiger partial charge in [-0.2, -0.15) is 0 Å². The van der Waals surface area contributed by atoms with Gasteiger partial charge < -0.3 is 75.8 Å². The van der Waals surface area contributed by atoms with E-state index in [1.54, 1.807) is 32.6 Å². The van der Waals surface area contributed by atoms with Crippen molar-refractivity contribution >= 4 is 82.7 Å². The lowest BCUT2D eigenvalue weighted by Gasteiger charge is -2.39. The maximum Gasteiger partial charge on any atom is 0.248 e.